The summed E-state index contributed by atoms with van der Waals surface area (Å²) in [4.78, 5) is 22.0. The van der Waals surface area contributed by atoms with E-state index in [-0.39, 0.29) is 16.8 Å². The molecular weight excluding hydrogens is 482 g/mol. The number of likely N-dealkylation sites (tertiary alicyclic amines) is 1. The molecule has 4 heterocycles. The molecule has 190 valence electrons. The van der Waals surface area contributed by atoms with Crippen LogP contribution in [0.4, 0.5) is 25.1 Å². The Hall–Kier alpha value is -2.82. The highest BCUT2D eigenvalue weighted by molar-refractivity contribution is 6.47. The number of carbonyl (C=O) groups excluding carboxylic acids is 1. The van der Waals surface area contributed by atoms with E-state index in [1.54, 1.807) is 21.7 Å². The van der Waals surface area contributed by atoms with E-state index < -0.39 is 33.9 Å². The van der Waals surface area contributed by atoms with Crippen molar-refractivity contribution in [1.29, 1.82) is 0 Å². The highest BCUT2D eigenvalue weighted by Gasteiger charge is 2.54. The number of aliphatic hydroxyl groups excluding tert-OH is 1. The van der Waals surface area contributed by atoms with Gasteiger partial charge in [0.05, 0.1) is 12.3 Å². The number of fused-ring (bicyclic) bond motifs is 1. The third-order valence-electron chi connectivity index (χ3n) is 9.04. The largest absolute Gasteiger partial charge is 0.392 e. The van der Waals surface area contributed by atoms with Crippen LogP contribution in [-0.2, 0) is 5.44 Å². The average Bonchev–Trinajstić information content (AvgIpc) is 3.37. The number of rotatable bonds is 3. The van der Waals surface area contributed by atoms with Gasteiger partial charge in [0.15, 0.2) is 5.65 Å². The Labute approximate surface area is 227 Å². The predicted molar refractivity (Wildman–Crippen MR) is 162 cm³/mol. The number of benzene rings is 1. The van der Waals surface area contributed by atoms with Crippen LogP contribution in [0.15, 0.2) is 36.7 Å². The summed E-state index contributed by atoms with van der Waals surface area (Å²) in [7, 11) is 13.6. The van der Waals surface area contributed by atoms with Gasteiger partial charge in [-0.3, -0.25) is 0 Å². The van der Waals surface area contributed by atoms with Gasteiger partial charge in [0.25, 0.3) is 0 Å². The summed E-state index contributed by atoms with van der Waals surface area (Å²) in [5, 5.41) is 16.2. The van der Waals surface area contributed by atoms with Gasteiger partial charge >= 0.3 is 6.03 Å². The molecule has 1 unspecified atom stereocenters. The molecule has 2 aromatic heterocycles. The molecule has 38 heavy (non-hydrogen) atoms. The van der Waals surface area contributed by atoms with E-state index in [1.807, 2.05) is 59.8 Å². The molecule has 0 radical (unpaired) electrons. The Balaban J connectivity index is 1.53. The fourth-order valence-electron chi connectivity index (χ4n) is 6.50. The first-order valence-corrected chi connectivity index (χ1v) is 13.0. The maximum absolute atomic E-state index is 15.1. The van der Waals surface area contributed by atoms with E-state index in [0.717, 1.165) is 12.5 Å². The monoisotopic (exact) mass is 512 g/mol. The molecule has 2 fully saturated rings. The van der Waals surface area contributed by atoms with E-state index in [4.69, 9.17) is 4.98 Å². The summed E-state index contributed by atoms with van der Waals surface area (Å²) < 4.78 is 31.0. The smallest absolute Gasteiger partial charge is 0.320 e. The molecule has 5 rings (SSSR count). The average molecular weight is 511 g/mol. The van der Waals surface area contributed by atoms with Crippen molar-refractivity contribution < 1.29 is 18.7 Å². The molecule has 2 aliphatic heterocycles. The quantitative estimate of drug-likeness (QED) is 0.347. The molecule has 2 N–H and O–H groups in total. The summed E-state index contributed by atoms with van der Waals surface area (Å²) in [6, 6.07) is 5.01. The van der Waals surface area contributed by atoms with E-state index in [0.29, 0.717) is 30.1 Å². The zero-order valence-electron chi connectivity index (χ0n) is 23.0. The second-order valence-corrected chi connectivity index (χ2v) is 12.5. The molecule has 2 atom stereocenters. The van der Waals surface area contributed by atoms with Gasteiger partial charge in [-0.05, 0) is 42.4 Å². The van der Waals surface area contributed by atoms with Gasteiger partial charge in [-0.2, -0.15) is 5.10 Å². The van der Waals surface area contributed by atoms with Gasteiger partial charge in [-0.15, -0.1) is 0 Å². The molecule has 2 amide bonds. The van der Waals surface area contributed by atoms with Crippen LogP contribution in [0.2, 0.25) is 5.21 Å². The van der Waals surface area contributed by atoms with Crippen molar-refractivity contribution in [2.75, 3.05) is 16.8 Å². The van der Waals surface area contributed by atoms with Crippen LogP contribution in [0.25, 0.3) is 5.65 Å². The van der Waals surface area contributed by atoms with Crippen LogP contribution in [0, 0.1) is 11.6 Å². The Morgan fingerprint density at radius 2 is 1.82 bits per heavy atom. The van der Waals surface area contributed by atoms with Crippen molar-refractivity contribution in [2.45, 2.75) is 40.3 Å². The normalized spacial score (nSPS) is 25.6. The molecule has 3 aromatic rings. The van der Waals surface area contributed by atoms with E-state index in [1.165, 1.54) is 18.3 Å². The minimum absolute atomic E-state index is 0.278. The summed E-state index contributed by atoms with van der Waals surface area (Å²) in [6.07, 6.45) is 3.84. The summed E-state index contributed by atoms with van der Waals surface area (Å²) in [5.41, 5.74) is 0.244. The molecule has 2 saturated heterocycles. The van der Waals surface area contributed by atoms with Crippen molar-refractivity contribution in [3.05, 3.63) is 53.9 Å². The van der Waals surface area contributed by atoms with Crippen LogP contribution >= 0.6 is 0 Å². The minimum atomic E-state index is -0.881. The third kappa shape index (κ3) is 3.87. The minimum Gasteiger partial charge on any atom is -0.392 e. The van der Waals surface area contributed by atoms with E-state index >= 15 is 4.39 Å². The number of carbonyl (C=O) groups is 1. The first kappa shape index (κ1) is 26.8. The van der Waals surface area contributed by atoms with Gasteiger partial charge in [0.2, 0.25) is 0 Å². The van der Waals surface area contributed by atoms with Gasteiger partial charge in [0, 0.05) is 29.1 Å². The zero-order chi connectivity index (χ0) is 27.8. The van der Waals surface area contributed by atoms with Crippen LogP contribution in [0.1, 0.15) is 18.4 Å². The lowest BCUT2D eigenvalue weighted by Crippen LogP contribution is -2.61. The summed E-state index contributed by atoms with van der Waals surface area (Å²) in [5.74, 6) is -0.389. The standard InChI is InChI=1S/C21H29B7F2N6O2/c22-18(23)4-6-34(20(18,26)11-7-10(29)1-2-12(11)30)15-3-5-35-16(33-15)13(9-31-35)32-17(38)36-19(24,25)8-14(37)21(36,27)28/h1-3,5,7,9,14,37H,4,6,8,22-28H2,(H,32,38)/t14-,20?/m0/s1. The molecule has 2 aliphatic rings. The van der Waals surface area contributed by atoms with Gasteiger partial charge in [0.1, 0.15) is 78.1 Å². The first-order chi connectivity index (χ1) is 17.6. The maximum atomic E-state index is 15.1. The van der Waals surface area contributed by atoms with Gasteiger partial charge in [-0.1, -0.05) is 5.21 Å². The molecule has 0 bridgehead atoms. The van der Waals surface area contributed by atoms with Crippen molar-refractivity contribution in [3.63, 3.8) is 0 Å². The van der Waals surface area contributed by atoms with E-state index in [2.05, 4.69) is 10.4 Å². The zero-order valence-corrected chi connectivity index (χ0v) is 23.0. The lowest BCUT2D eigenvalue weighted by atomic mass is 9.38. The SMILES string of the molecule is BC1(B)C[C@H](O)C(B)(B)N1C(=O)Nc1cnn2ccc(N3CCC(B)(B)C3(B)c3cc(F)ccc3F)nc12. The van der Waals surface area contributed by atoms with Gasteiger partial charge < -0.3 is 20.2 Å². The lowest BCUT2D eigenvalue weighted by molar-refractivity contribution is 0.141. The van der Waals surface area contributed by atoms with Crippen molar-refractivity contribution >= 4 is 78.1 Å². The number of nitrogens with one attached hydrogen (secondary N) is 1. The maximum Gasteiger partial charge on any atom is 0.320 e. The van der Waals surface area contributed by atoms with Gasteiger partial charge in [-0.25, -0.2) is 23.1 Å². The molecule has 0 spiro atoms. The predicted octanol–water partition coefficient (Wildman–Crippen LogP) is -4.48. The Kier molecular flexibility index (Phi) is 6.06. The van der Waals surface area contributed by atoms with E-state index in [9.17, 15) is 14.3 Å². The Bertz CT molecular complexity index is 1440. The molecule has 17 heteroatoms. The number of amides is 2. The molecule has 8 nitrogen and oxygen atoms in total. The number of hydrogen-bond donors (Lipinski definition) is 2. The summed E-state index contributed by atoms with van der Waals surface area (Å²) in [6.45, 7) is 0.590. The lowest BCUT2D eigenvalue weighted by Gasteiger charge is -2.46. The van der Waals surface area contributed by atoms with Crippen molar-refractivity contribution in [2.24, 2.45) is 0 Å². The Morgan fingerprint density at radius 3 is 2.47 bits per heavy atom. The second kappa shape index (κ2) is 8.59. The first-order valence-electron chi connectivity index (χ1n) is 13.0. The van der Waals surface area contributed by atoms with Crippen LogP contribution in [-0.4, -0.2) is 109 Å². The van der Waals surface area contributed by atoms with Crippen molar-refractivity contribution in [1.82, 2.24) is 19.5 Å². The number of nitrogens with zero attached hydrogens (tertiary/aromatic N) is 5. The molecule has 0 saturated carbocycles. The second-order valence-electron chi connectivity index (χ2n) is 12.5. The fraction of sp³-hybridized carbons (Fsp3) is 0.381. The number of anilines is 2. The number of urea groups is 1. The fourth-order valence-corrected chi connectivity index (χ4v) is 6.50. The summed E-state index contributed by atoms with van der Waals surface area (Å²) >= 11 is 0. The third-order valence-corrected chi connectivity index (χ3v) is 9.04. The number of hydrogen-bond acceptors (Lipinski definition) is 5. The highest BCUT2D eigenvalue weighted by atomic mass is 19.1. The number of aliphatic hydroxyl groups is 1. The molecular formula is C21H29B7F2N6O2. The van der Waals surface area contributed by atoms with Crippen molar-refractivity contribution in [3.8, 4) is 0 Å². The van der Waals surface area contributed by atoms with Crippen LogP contribution in [0.3, 0.4) is 0 Å². The number of halogens is 2. The highest BCUT2D eigenvalue weighted by Crippen LogP contribution is 2.53. The molecule has 0 aliphatic carbocycles. The van der Waals surface area contributed by atoms with Crippen LogP contribution < -0.4 is 10.2 Å². The molecule has 1 aromatic carbocycles. The topological polar surface area (TPSA) is 86.0 Å². The Morgan fingerprint density at radius 1 is 1.11 bits per heavy atom. The van der Waals surface area contributed by atoms with Crippen LogP contribution in [0.5, 0.6) is 0 Å². The number of aromatic nitrogens is 3.